The molecule has 0 saturated carbocycles. The molecule has 2 aromatic carbocycles. The number of nitrogens with zero attached hydrogens (tertiary/aromatic N) is 3. The van der Waals surface area contributed by atoms with Gasteiger partial charge in [0.15, 0.2) is 0 Å². The summed E-state index contributed by atoms with van der Waals surface area (Å²) in [6.45, 7) is 6.59. The average molecular weight is 420 g/mol. The van der Waals surface area contributed by atoms with E-state index in [1.54, 1.807) is 16.8 Å². The second-order valence-electron chi connectivity index (χ2n) is 7.80. The number of benzene rings is 2. The number of aryl methyl sites for hydroxylation is 3. The van der Waals surface area contributed by atoms with Crippen molar-refractivity contribution >= 4 is 28.8 Å². The summed E-state index contributed by atoms with van der Waals surface area (Å²) in [5.41, 5.74) is 4.96. The molecule has 0 spiro atoms. The summed E-state index contributed by atoms with van der Waals surface area (Å²) < 4.78 is 0. The number of carbonyl (C=O) groups is 2. The molecule has 0 N–H and O–H groups in total. The second-order valence-corrected chi connectivity index (χ2v) is 8.80. The van der Waals surface area contributed by atoms with E-state index in [2.05, 4.69) is 37.0 Å². The van der Waals surface area contributed by atoms with Crippen LogP contribution >= 0.6 is 11.3 Å². The van der Waals surface area contributed by atoms with Gasteiger partial charge in [0.2, 0.25) is 5.91 Å². The zero-order valence-corrected chi connectivity index (χ0v) is 18.5. The molecule has 3 aromatic rings. The fraction of sp³-hybridized carbons (Fsp3) is 0.292. The van der Waals surface area contributed by atoms with Crippen LogP contribution in [-0.2, 0) is 4.79 Å². The third-order valence-electron chi connectivity index (χ3n) is 5.64. The minimum Gasteiger partial charge on any atom is -0.329 e. The Hall–Kier alpha value is -2.99. The molecular weight excluding hydrogens is 394 g/mol. The third-order valence-corrected chi connectivity index (χ3v) is 6.81. The quantitative estimate of drug-likeness (QED) is 0.620. The molecule has 6 heteroatoms. The predicted octanol–water partition coefficient (Wildman–Crippen LogP) is 4.61. The van der Waals surface area contributed by atoms with Gasteiger partial charge in [-0.3, -0.25) is 9.59 Å². The first kappa shape index (κ1) is 20.3. The molecule has 1 atom stereocenters. The van der Waals surface area contributed by atoms with E-state index in [9.17, 15) is 9.59 Å². The Morgan fingerprint density at radius 1 is 1.13 bits per heavy atom. The molecule has 1 aromatic heterocycles. The van der Waals surface area contributed by atoms with Crippen LogP contribution in [0.2, 0.25) is 0 Å². The normalized spacial score (nSPS) is 16.2. The first-order valence-electron chi connectivity index (χ1n) is 10.1. The molecule has 2 amide bonds. The van der Waals surface area contributed by atoms with Crippen molar-refractivity contribution in [1.82, 2.24) is 9.88 Å². The molecule has 30 heavy (non-hydrogen) atoms. The Bertz CT molecular complexity index is 1110. The number of anilines is 1. The molecule has 1 aliphatic heterocycles. The summed E-state index contributed by atoms with van der Waals surface area (Å²) >= 11 is 1.40. The van der Waals surface area contributed by atoms with E-state index in [-0.39, 0.29) is 11.8 Å². The van der Waals surface area contributed by atoms with Crippen molar-refractivity contribution < 1.29 is 9.59 Å². The van der Waals surface area contributed by atoms with E-state index in [0.717, 1.165) is 21.8 Å². The average Bonchev–Trinajstić information content (AvgIpc) is 3.30. The second kappa shape index (κ2) is 8.03. The van der Waals surface area contributed by atoms with Gasteiger partial charge in [0.25, 0.3) is 5.91 Å². The fourth-order valence-corrected chi connectivity index (χ4v) is 5.09. The van der Waals surface area contributed by atoms with Crippen molar-refractivity contribution in [1.29, 1.82) is 0 Å². The fourth-order valence-electron chi connectivity index (χ4n) is 3.95. The van der Waals surface area contributed by atoms with E-state index in [1.807, 2.05) is 37.3 Å². The molecule has 0 bridgehead atoms. The van der Waals surface area contributed by atoms with Gasteiger partial charge >= 0.3 is 0 Å². The van der Waals surface area contributed by atoms with Crippen LogP contribution in [-0.4, -0.2) is 41.3 Å². The predicted molar refractivity (Wildman–Crippen MR) is 121 cm³/mol. The molecule has 4 rings (SSSR count). The Balaban J connectivity index is 1.56. The lowest BCUT2D eigenvalue weighted by Crippen LogP contribution is -2.42. The highest BCUT2D eigenvalue weighted by atomic mass is 32.1. The number of carbonyl (C=O) groups excluding carboxylic acids is 2. The minimum absolute atomic E-state index is 0.0335. The molecule has 1 unspecified atom stereocenters. The SMILES string of the molecule is Cc1ccc(-c2nc(C)c(C(=O)N(C)C3CCN(c4ccccc4)C3=O)s2)c(C)c1. The molecule has 2 heterocycles. The van der Waals surface area contributed by atoms with Crippen LogP contribution in [0, 0.1) is 20.8 Å². The van der Waals surface area contributed by atoms with Crippen molar-refractivity contribution in [2.45, 2.75) is 33.2 Å². The maximum Gasteiger partial charge on any atom is 0.266 e. The molecule has 0 radical (unpaired) electrons. The summed E-state index contributed by atoms with van der Waals surface area (Å²) in [6, 6.07) is 15.4. The van der Waals surface area contributed by atoms with Crippen molar-refractivity contribution in [2.24, 2.45) is 0 Å². The first-order valence-corrected chi connectivity index (χ1v) is 10.9. The summed E-state index contributed by atoms with van der Waals surface area (Å²) in [7, 11) is 1.72. The van der Waals surface area contributed by atoms with Gasteiger partial charge in [-0.15, -0.1) is 11.3 Å². The van der Waals surface area contributed by atoms with Gasteiger partial charge in [0.05, 0.1) is 5.69 Å². The number of hydrogen-bond donors (Lipinski definition) is 0. The van der Waals surface area contributed by atoms with Gasteiger partial charge < -0.3 is 9.80 Å². The standard InChI is InChI=1S/C24H25N3O2S/c1-15-10-11-19(16(2)14-15)22-25-17(3)21(30-22)24(29)26(4)20-12-13-27(23(20)28)18-8-6-5-7-9-18/h5-11,14,20H,12-13H2,1-4H3. The summed E-state index contributed by atoms with van der Waals surface area (Å²) in [4.78, 5) is 34.8. The highest BCUT2D eigenvalue weighted by Gasteiger charge is 2.38. The van der Waals surface area contributed by atoms with E-state index >= 15 is 0 Å². The third kappa shape index (κ3) is 3.63. The Labute approximate surface area is 181 Å². The van der Waals surface area contributed by atoms with Gasteiger partial charge in [-0.1, -0.05) is 42.0 Å². The summed E-state index contributed by atoms with van der Waals surface area (Å²) in [5, 5.41) is 0.838. The molecule has 1 saturated heterocycles. The summed E-state index contributed by atoms with van der Waals surface area (Å²) in [6.07, 6.45) is 0.623. The molecule has 154 valence electrons. The minimum atomic E-state index is -0.455. The van der Waals surface area contributed by atoms with Crippen molar-refractivity contribution in [3.05, 3.63) is 70.2 Å². The molecule has 0 aliphatic carbocycles. The van der Waals surface area contributed by atoms with Crippen LogP contribution in [0.4, 0.5) is 5.69 Å². The van der Waals surface area contributed by atoms with E-state index < -0.39 is 6.04 Å². The van der Waals surface area contributed by atoms with Crippen molar-refractivity contribution in [3.8, 4) is 10.6 Å². The van der Waals surface area contributed by atoms with Crippen LogP contribution in [0.5, 0.6) is 0 Å². The van der Waals surface area contributed by atoms with E-state index in [0.29, 0.717) is 23.5 Å². The van der Waals surface area contributed by atoms with E-state index in [1.165, 1.54) is 16.9 Å². The zero-order valence-electron chi connectivity index (χ0n) is 17.7. The highest BCUT2D eigenvalue weighted by Crippen LogP contribution is 2.32. The smallest absolute Gasteiger partial charge is 0.266 e. The number of amides is 2. The van der Waals surface area contributed by atoms with Gasteiger partial charge in [0, 0.05) is 24.8 Å². The molecule has 1 fully saturated rings. The lowest BCUT2D eigenvalue weighted by Gasteiger charge is -2.23. The van der Waals surface area contributed by atoms with Crippen LogP contribution < -0.4 is 4.90 Å². The van der Waals surface area contributed by atoms with Gasteiger partial charge in [0.1, 0.15) is 15.9 Å². The van der Waals surface area contributed by atoms with Crippen molar-refractivity contribution in [3.63, 3.8) is 0 Å². The van der Waals surface area contributed by atoms with Gasteiger partial charge in [-0.05, 0) is 44.9 Å². The lowest BCUT2D eigenvalue weighted by atomic mass is 10.1. The maximum absolute atomic E-state index is 13.3. The van der Waals surface area contributed by atoms with Crippen LogP contribution in [0.15, 0.2) is 48.5 Å². The lowest BCUT2D eigenvalue weighted by molar-refractivity contribution is -0.120. The van der Waals surface area contributed by atoms with Crippen LogP contribution in [0.3, 0.4) is 0 Å². The van der Waals surface area contributed by atoms with Crippen molar-refractivity contribution in [2.75, 3.05) is 18.5 Å². The monoisotopic (exact) mass is 419 g/mol. The number of hydrogen-bond acceptors (Lipinski definition) is 4. The summed E-state index contributed by atoms with van der Waals surface area (Å²) in [5.74, 6) is -0.178. The number of likely N-dealkylation sites (N-methyl/N-ethyl adjacent to an activating group) is 1. The Morgan fingerprint density at radius 2 is 1.87 bits per heavy atom. The van der Waals surface area contributed by atoms with E-state index in [4.69, 9.17) is 0 Å². The largest absolute Gasteiger partial charge is 0.329 e. The number of thiazole rings is 1. The number of aromatic nitrogens is 1. The van der Waals surface area contributed by atoms with Gasteiger partial charge in [-0.2, -0.15) is 0 Å². The molecular formula is C24H25N3O2S. The van der Waals surface area contributed by atoms with Crippen LogP contribution in [0.1, 0.15) is 32.9 Å². The number of para-hydroxylation sites is 1. The zero-order chi connectivity index (χ0) is 21.4. The topological polar surface area (TPSA) is 53.5 Å². The first-order chi connectivity index (χ1) is 14.4. The highest BCUT2D eigenvalue weighted by molar-refractivity contribution is 7.17. The number of rotatable bonds is 4. The Morgan fingerprint density at radius 3 is 2.57 bits per heavy atom. The molecule has 5 nitrogen and oxygen atoms in total. The molecule has 1 aliphatic rings. The Kier molecular flexibility index (Phi) is 5.43. The maximum atomic E-state index is 13.3. The van der Waals surface area contributed by atoms with Crippen LogP contribution in [0.25, 0.3) is 10.6 Å². The van der Waals surface area contributed by atoms with Gasteiger partial charge in [-0.25, -0.2) is 4.98 Å².